The summed E-state index contributed by atoms with van der Waals surface area (Å²) in [4.78, 5) is 24.7. The van der Waals surface area contributed by atoms with Crippen molar-refractivity contribution in [3.63, 3.8) is 0 Å². The Bertz CT molecular complexity index is 1220. The van der Waals surface area contributed by atoms with E-state index in [1.165, 1.54) is 26.4 Å². The van der Waals surface area contributed by atoms with Crippen LogP contribution in [0.4, 0.5) is 16.2 Å². The van der Waals surface area contributed by atoms with Gasteiger partial charge in [0, 0.05) is 43.9 Å². The second kappa shape index (κ2) is 17.6. The van der Waals surface area contributed by atoms with Gasteiger partial charge in [0.25, 0.3) is 5.91 Å². The lowest BCUT2D eigenvalue weighted by molar-refractivity contribution is -0.112. The lowest BCUT2D eigenvalue weighted by Gasteiger charge is -2.29. The third kappa shape index (κ3) is 10.3. The second-order valence-electron chi connectivity index (χ2n) is 10.6. The highest BCUT2D eigenvalue weighted by molar-refractivity contribution is 6.04. The third-order valence-electron chi connectivity index (χ3n) is 7.25. The summed E-state index contributed by atoms with van der Waals surface area (Å²) in [5.74, 6) is -1.41. The molecule has 0 fully saturated rings. The van der Waals surface area contributed by atoms with Crippen molar-refractivity contribution >= 4 is 35.8 Å². The van der Waals surface area contributed by atoms with E-state index in [0.29, 0.717) is 41.8 Å². The predicted octanol–water partition coefficient (Wildman–Crippen LogP) is 4.58. The van der Waals surface area contributed by atoms with Gasteiger partial charge in [0.1, 0.15) is 17.6 Å². The van der Waals surface area contributed by atoms with Gasteiger partial charge in [-0.1, -0.05) is 44.2 Å². The highest BCUT2D eigenvalue weighted by Crippen LogP contribution is 2.42. The number of carbonyl (C=O) groups excluding carboxylic acids is 2. The molecule has 0 aromatic heterocycles. The first-order valence-corrected chi connectivity index (χ1v) is 13.8. The van der Waals surface area contributed by atoms with Gasteiger partial charge in [-0.2, -0.15) is 0 Å². The number of hydrogen-bond acceptors (Lipinski definition) is 9. The molecule has 0 saturated heterocycles. The largest absolute Gasteiger partial charge is 0.506 e. The predicted molar refractivity (Wildman–Crippen MR) is 170 cm³/mol. The van der Waals surface area contributed by atoms with E-state index in [1.54, 1.807) is 38.2 Å². The van der Waals surface area contributed by atoms with Crippen LogP contribution in [-0.4, -0.2) is 72.5 Å². The molecule has 2 amide bonds. The maximum Gasteiger partial charge on any atom is 0.405 e. The molecule has 12 heteroatoms. The van der Waals surface area contributed by atoms with Crippen LogP contribution in [0.15, 0.2) is 54.2 Å². The summed E-state index contributed by atoms with van der Waals surface area (Å²) >= 11 is 0. The molecular formula is C31H46ClN3O8. The summed E-state index contributed by atoms with van der Waals surface area (Å²) in [5.41, 5.74) is 7.01. The molecule has 240 valence electrons. The Labute approximate surface area is 259 Å². The van der Waals surface area contributed by atoms with Crippen LogP contribution in [0, 0.1) is 11.8 Å². The fourth-order valence-corrected chi connectivity index (χ4v) is 4.98. The van der Waals surface area contributed by atoms with Gasteiger partial charge in [0.2, 0.25) is 0 Å². The monoisotopic (exact) mass is 623 g/mol. The molecule has 1 heterocycles. The van der Waals surface area contributed by atoms with Gasteiger partial charge >= 0.3 is 6.09 Å². The molecule has 0 saturated carbocycles. The van der Waals surface area contributed by atoms with Crippen molar-refractivity contribution in [1.82, 2.24) is 0 Å². The summed E-state index contributed by atoms with van der Waals surface area (Å²) in [5, 5.41) is 39.1. The molecular weight excluding hydrogens is 578 g/mol. The van der Waals surface area contributed by atoms with Crippen LogP contribution < -0.4 is 16.4 Å². The number of hydrogen-bond donors (Lipinski definition) is 6. The molecule has 2 bridgehead atoms. The van der Waals surface area contributed by atoms with Gasteiger partial charge in [0.05, 0.1) is 23.6 Å². The lowest BCUT2D eigenvalue weighted by Crippen LogP contribution is -2.37. The number of anilines is 2. The van der Waals surface area contributed by atoms with E-state index in [1.807, 2.05) is 13.8 Å². The number of phenolic OH excluding ortho intramolecular Hbond substituents is 2. The minimum absolute atomic E-state index is 0. The summed E-state index contributed by atoms with van der Waals surface area (Å²) in [6.07, 6.45) is 4.64. The zero-order chi connectivity index (χ0) is 31.6. The van der Waals surface area contributed by atoms with E-state index in [-0.39, 0.29) is 35.5 Å². The molecule has 1 unspecified atom stereocenters. The van der Waals surface area contributed by atoms with Crippen LogP contribution in [0.1, 0.15) is 39.7 Å². The standard InChI is InChI=1S/C31H45N3O8.ClH/c1-8-12-33-26-21-13-17(2)14-25(41-7)27(36)19(4)15-20(5)29(42-31(32)39)24(40-6)11-9-10-18(3)30(38)34-22(28(21)37)16-23(26)35;/h8-11,15-17,19,24-25,27,29,33,35-37H,1,12-14H2,2-7H3,(H2,32,39)(H,34,38);1H/b11-9-,18-10+,20-15+;/t17-,19+,24+,25+,27-,29?;/m1./s1. The zero-order valence-electron chi connectivity index (χ0n) is 25.6. The smallest absolute Gasteiger partial charge is 0.405 e. The molecule has 1 aliphatic rings. The number of aromatic hydroxyl groups is 2. The number of allylic oxidation sites excluding steroid dienone is 2. The third-order valence-corrected chi connectivity index (χ3v) is 7.25. The first-order chi connectivity index (χ1) is 19.8. The van der Waals surface area contributed by atoms with Crippen molar-refractivity contribution in [2.75, 3.05) is 31.4 Å². The Balaban J connectivity index is 0.00000924. The molecule has 0 spiro atoms. The Morgan fingerprint density at radius 3 is 2.49 bits per heavy atom. The number of carbonyl (C=O) groups is 2. The topological polar surface area (TPSA) is 173 Å². The maximum atomic E-state index is 13.0. The molecule has 1 aliphatic heterocycles. The SMILES string of the molecule is C=CCNc1c(O)cc2c(O)c1C[C@@H](C)C[C@H](OC)[C@H](O)[C@@H](C)/C=C(\C)C(OC(N)=O)[C@@H](OC)/C=C\C=C(/C)C(=O)N2.Cl. The van der Waals surface area contributed by atoms with Crippen LogP contribution in [0.3, 0.4) is 0 Å². The molecule has 1 aromatic carbocycles. The first kappa shape index (κ1) is 37.5. The number of fused-ring (bicyclic) bond motifs is 2. The minimum atomic E-state index is -0.990. The van der Waals surface area contributed by atoms with Gasteiger partial charge in [-0.25, -0.2) is 4.79 Å². The quantitative estimate of drug-likeness (QED) is 0.151. The average molecular weight is 624 g/mol. The van der Waals surface area contributed by atoms with Crippen LogP contribution in [-0.2, 0) is 25.4 Å². The zero-order valence-corrected chi connectivity index (χ0v) is 26.4. The summed E-state index contributed by atoms with van der Waals surface area (Å²) in [6, 6.07) is 1.28. The molecule has 43 heavy (non-hydrogen) atoms. The van der Waals surface area contributed by atoms with Crippen molar-refractivity contribution in [1.29, 1.82) is 0 Å². The van der Waals surface area contributed by atoms with Gasteiger partial charge in [-0.3, -0.25) is 4.79 Å². The van der Waals surface area contributed by atoms with Crippen molar-refractivity contribution in [3.8, 4) is 11.5 Å². The molecule has 1 aromatic rings. The van der Waals surface area contributed by atoms with Gasteiger partial charge in [-0.15, -0.1) is 19.0 Å². The highest BCUT2D eigenvalue weighted by atomic mass is 35.5. The number of rotatable bonds is 6. The fourth-order valence-electron chi connectivity index (χ4n) is 4.98. The van der Waals surface area contributed by atoms with Crippen molar-refractivity contribution in [2.24, 2.45) is 17.6 Å². The average Bonchev–Trinajstić information content (AvgIpc) is 2.94. The molecule has 6 atom stereocenters. The van der Waals surface area contributed by atoms with Crippen LogP contribution in [0.2, 0.25) is 0 Å². The van der Waals surface area contributed by atoms with Gasteiger partial charge in [0.15, 0.2) is 6.10 Å². The van der Waals surface area contributed by atoms with E-state index in [9.17, 15) is 24.9 Å². The molecule has 7 N–H and O–H groups in total. The Morgan fingerprint density at radius 1 is 1.23 bits per heavy atom. The molecule has 0 radical (unpaired) electrons. The number of nitrogens with one attached hydrogen (secondary N) is 2. The highest BCUT2D eigenvalue weighted by Gasteiger charge is 2.30. The van der Waals surface area contributed by atoms with E-state index in [2.05, 4.69) is 17.2 Å². The van der Waals surface area contributed by atoms with Crippen LogP contribution >= 0.6 is 12.4 Å². The van der Waals surface area contributed by atoms with E-state index in [0.717, 1.165) is 0 Å². The number of methoxy groups -OCH3 is 2. The van der Waals surface area contributed by atoms with Crippen molar-refractivity contribution in [2.45, 2.75) is 65.0 Å². The van der Waals surface area contributed by atoms with Crippen molar-refractivity contribution < 1.29 is 39.1 Å². The summed E-state index contributed by atoms with van der Waals surface area (Å²) in [7, 11) is 2.95. The number of halogens is 1. The number of aliphatic hydroxyl groups excluding tert-OH is 1. The first-order valence-electron chi connectivity index (χ1n) is 13.8. The van der Waals surface area contributed by atoms with E-state index >= 15 is 0 Å². The summed E-state index contributed by atoms with van der Waals surface area (Å²) < 4.78 is 16.6. The van der Waals surface area contributed by atoms with E-state index in [4.69, 9.17) is 19.9 Å². The molecule has 2 rings (SSSR count). The number of nitrogens with two attached hydrogens (primary N) is 1. The number of primary amides is 1. The number of ether oxygens (including phenoxy) is 3. The number of benzene rings is 1. The Kier molecular flexibility index (Phi) is 15.3. The van der Waals surface area contributed by atoms with Crippen molar-refractivity contribution in [3.05, 3.63) is 59.7 Å². The Hall–Kier alpha value is -3.51. The van der Waals surface area contributed by atoms with E-state index < -0.39 is 42.3 Å². The fraction of sp³-hybridized carbons (Fsp3) is 0.484. The lowest BCUT2D eigenvalue weighted by atomic mass is 9.87. The van der Waals surface area contributed by atoms with Gasteiger partial charge in [-0.05, 0) is 38.2 Å². The second-order valence-corrected chi connectivity index (χ2v) is 10.6. The van der Waals surface area contributed by atoms with Crippen LogP contribution in [0.5, 0.6) is 11.5 Å². The summed E-state index contributed by atoms with van der Waals surface area (Å²) in [6.45, 7) is 11.1. The minimum Gasteiger partial charge on any atom is -0.506 e. The maximum absolute atomic E-state index is 13.0. The Morgan fingerprint density at radius 2 is 1.91 bits per heavy atom. The number of aliphatic hydroxyl groups is 1. The molecule has 11 nitrogen and oxygen atoms in total. The number of amides is 2. The molecule has 0 aliphatic carbocycles. The number of phenols is 2. The van der Waals surface area contributed by atoms with Gasteiger partial charge < -0.3 is 45.9 Å². The normalized spacial score (nSPS) is 28.6. The van der Waals surface area contributed by atoms with Crippen LogP contribution in [0.25, 0.3) is 0 Å².